The third kappa shape index (κ3) is 5.88. The van der Waals surface area contributed by atoms with Gasteiger partial charge in [-0.3, -0.25) is 0 Å². The Morgan fingerprint density at radius 2 is 0.723 bits per heavy atom. The Hall–Kier alpha value is -8.46. The number of aromatic nitrogens is 2. The van der Waals surface area contributed by atoms with Crippen LogP contribution in [0, 0.1) is 0 Å². The minimum absolute atomic E-state index is 0.433. The summed E-state index contributed by atoms with van der Waals surface area (Å²) in [7, 11) is 0. The summed E-state index contributed by atoms with van der Waals surface area (Å²) in [6.07, 6.45) is 0. The maximum atomic E-state index is 5.14. The van der Waals surface area contributed by atoms with Gasteiger partial charge in [-0.1, -0.05) is 212 Å². The van der Waals surface area contributed by atoms with Crippen molar-refractivity contribution in [1.29, 1.82) is 0 Å². The van der Waals surface area contributed by atoms with Crippen molar-refractivity contribution in [2.45, 2.75) is 5.41 Å². The molecule has 2 aliphatic carbocycles. The highest BCUT2D eigenvalue weighted by Crippen LogP contribution is 2.63. The van der Waals surface area contributed by atoms with Gasteiger partial charge in [0, 0.05) is 16.7 Å². The van der Waals surface area contributed by atoms with Gasteiger partial charge in [0.1, 0.15) is 0 Å². The van der Waals surface area contributed by atoms with E-state index >= 15 is 0 Å². The molecule has 65 heavy (non-hydrogen) atoms. The molecule has 1 spiro atoms. The van der Waals surface area contributed by atoms with E-state index in [1.807, 2.05) is 24.3 Å². The van der Waals surface area contributed by atoms with E-state index in [2.05, 4.69) is 218 Å². The lowest BCUT2D eigenvalue weighted by atomic mass is 9.70. The molecule has 0 bridgehead atoms. The first-order chi connectivity index (χ1) is 32.2. The Morgan fingerprint density at radius 3 is 1.40 bits per heavy atom. The molecule has 2 aliphatic rings. The van der Waals surface area contributed by atoms with E-state index < -0.39 is 5.41 Å². The molecule has 1 heterocycles. The lowest BCUT2D eigenvalue weighted by Crippen LogP contribution is -2.25. The number of rotatable bonds is 6. The van der Waals surface area contributed by atoms with Crippen molar-refractivity contribution in [3.8, 4) is 89.5 Å². The monoisotopic (exact) mass is 824 g/mol. The largest absolute Gasteiger partial charge is 0.228 e. The number of fused-ring (bicyclic) bond motifs is 11. The zero-order valence-electron chi connectivity index (χ0n) is 35.5. The smallest absolute Gasteiger partial charge is 0.160 e. The molecular formula is C63H40N2. The lowest BCUT2D eigenvalue weighted by molar-refractivity contribution is 0.794. The molecule has 0 saturated heterocycles. The van der Waals surface area contributed by atoms with Crippen LogP contribution < -0.4 is 0 Å². The highest BCUT2D eigenvalue weighted by Gasteiger charge is 2.51. The summed E-state index contributed by atoms with van der Waals surface area (Å²) in [6.45, 7) is 0. The summed E-state index contributed by atoms with van der Waals surface area (Å²) < 4.78 is 0. The maximum absolute atomic E-state index is 5.14. The number of benzene rings is 10. The Morgan fingerprint density at radius 1 is 0.231 bits per heavy atom. The van der Waals surface area contributed by atoms with Crippen molar-refractivity contribution in [3.05, 3.63) is 265 Å². The van der Waals surface area contributed by atoms with Gasteiger partial charge in [-0.2, -0.15) is 0 Å². The van der Waals surface area contributed by atoms with Crippen molar-refractivity contribution in [1.82, 2.24) is 9.97 Å². The van der Waals surface area contributed by atoms with Crippen LogP contribution >= 0.6 is 0 Å². The van der Waals surface area contributed by atoms with Crippen LogP contribution in [0.2, 0.25) is 0 Å². The first kappa shape index (κ1) is 37.1. The summed E-state index contributed by atoms with van der Waals surface area (Å²) >= 11 is 0. The fourth-order valence-electron chi connectivity index (χ4n) is 10.7. The quantitative estimate of drug-likeness (QED) is 0.167. The van der Waals surface area contributed by atoms with Gasteiger partial charge in [-0.25, -0.2) is 9.97 Å². The summed E-state index contributed by atoms with van der Waals surface area (Å²) in [4.78, 5) is 10.2. The van der Waals surface area contributed by atoms with Crippen LogP contribution in [0.4, 0.5) is 0 Å². The second-order valence-corrected chi connectivity index (χ2v) is 17.2. The molecule has 0 fully saturated rings. The van der Waals surface area contributed by atoms with Crippen LogP contribution in [0.3, 0.4) is 0 Å². The second kappa shape index (κ2) is 14.8. The molecule has 1 aromatic heterocycles. The van der Waals surface area contributed by atoms with Crippen LogP contribution in [-0.4, -0.2) is 9.97 Å². The highest BCUT2D eigenvalue weighted by molar-refractivity contribution is 6.00. The van der Waals surface area contributed by atoms with E-state index in [-0.39, 0.29) is 0 Å². The molecule has 11 aromatic rings. The predicted octanol–water partition coefficient (Wildman–Crippen LogP) is 16.0. The van der Waals surface area contributed by atoms with Crippen LogP contribution in [-0.2, 0) is 5.41 Å². The SMILES string of the molecule is c1ccc(-c2cc(-c3cccc(-c4ccc(-c5cc6c(cc5-c5ccc7ccccc7c5)-c5ccccc5C65c6ccccc6-c6ccccc65)cc4)c3)nc(-c3ccccc3)n2)cc1. The topological polar surface area (TPSA) is 25.8 Å². The lowest BCUT2D eigenvalue weighted by Gasteiger charge is -2.31. The van der Waals surface area contributed by atoms with Gasteiger partial charge in [-0.15, -0.1) is 0 Å². The summed E-state index contributed by atoms with van der Waals surface area (Å²) in [5.41, 5.74) is 22.2. The van der Waals surface area contributed by atoms with Gasteiger partial charge in [0.05, 0.1) is 16.8 Å². The normalized spacial score (nSPS) is 12.7. The van der Waals surface area contributed by atoms with Crippen molar-refractivity contribution < 1.29 is 0 Å². The van der Waals surface area contributed by atoms with Crippen molar-refractivity contribution in [3.63, 3.8) is 0 Å². The molecule has 0 atom stereocenters. The van der Waals surface area contributed by atoms with E-state index in [0.29, 0.717) is 5.82 Å². The molecule has 13 rings (SSSR count). The van der Waals surface area contributed by atoms with Gasteiger partial charge in [0.2, 0.25) is 0 Å². The Labute approximate surface area is 378 Å². The summed E-state index contributed by atoms with van der Waals surface area (Å²) in [5.74, 6) is 0.711. The third-order valence-corrected chi connectivity index (χ3v) is 13.7. The average Bonchev–Trinajstić information content (AvgIpc) is 3.85. The molecule has 2 heteroatoms. The third-order valence-electron chi connectivity index (χ3n) is 13.7. The zero-order chi connectivity index (χ0) is 42.9. The fourth-order valence-corrected chi connectivity index (χ4v) is 10.7. The van der Waals surface area contributed by atoms with E-state index in [0.717, 1.165) is 39.2 Å². The molecule has 0 saturated carbocycles. The molecule has 0 aliphatic heterocycles. The molecule has 0 N–H and O–H groups in total. The molecular weight excluding hydrogens is 785 g/mol. The van der Waals surface area contributed by atoms with Crippen LogP contribution in [0.1, 0.15) is 22.3 Å². The Balaban J connectivity index is 0.969. The van der Waals surface area contributed by atoms with Gasteiger partial charge in [0.15, 0.2) is 5.82 Å². The average molecular weight is 825 g/mol. The Kier molecular flexibility index (Phi) is 8.47. The van der Waals surface area contributed by atoms with Crippen molar-refractivity contribution in [2.24, 2.45) is 0 Å². The minimum atomic E-state index is -0.433. The van der Waals surface area contributed by atoms with Crippen LogP contribution in [0.25, 0.3) is 100 Å². The maximum Gasteiger partial charge on any atom is 0.160 e. The molecule has 0 radical (unpaired) electrons. The standard InChI is InChI=1S/C63H40N2/c1-3-17-44(18-4-1)60-40-61(65-62(64-60)45-19-5-2-6-20-45)49-23-15-22-47(37-49)42-30-33-43(34-31-42)54-39-59-55(38-53(54)48-35-32-41-16-7-8-21-46(41)36-48)52-26-11-14-29-58(52)63(59)56-27-12-9-24-50(56)51-25-10-13-28-57(51)63/h1-40H. The molecule has 0 unspecified atom stereocenters. The van der Waals surface area contributed by atoms with E-state index in [1.165, 1.54) is 77.5 Å². The van der Waals surface area contributed by atoms with Crippen LogP contribution in [0.5, 0.6) is 0 Å². The van der Waals surface area contributed by atoms with E-state index in [9.17, 15) is 0 Å². The Bertz CT molecular complexity index is 3540. The molecule has 2 nitrogen and oxygen atoms in total. The van der Waals surface area contributed by atoms with Crippen LogP contribution in [0.15, 0.2) is 243 Å². The summed E-state index contributed by atoms with van der Waals surface area (Å²) in [6, 6.07) is 88.4. The fraction of sp³-hybridized carbons (Fsp3) is 0.0159. The molecule has 10 aromatic carbocycles. The minimum Gasteiger partial charge on any atom is -0.228 e. The summed E-state index contributed by atoms with van der Waals surface area (Å²) in [5, 5.41) is 2.47. The number of hydrogen-bond acceptors (Lipinski definition) is 2. The second-order valence-electron chi connectivity index (χ2n) is 17.2. The first-order valence-corrected chi connectivity index (χ1v) is 22.4. The van der Waals surface area contributed by atoms with Gasteiger partial charge in [0.25, 0.3) is 0 Å². The van der Waals surface area contributed by atoms with E-state index in [4.69, 9.17) is 9.97 Å². The molecule has 0 amide bonds. The number of hydrogen-bond donors (Lipinski definition) is 0. The first-order valence-electron chi connectivity index (χ1n) is 22.4. The molecule has 302 valence electrons. The van der Waals surface area contributed by atoms with Crippen molar-refractivity contribution >= 4 is 10.8 Å². The zero-order valence-corrected chi connectivity index (χ0v) is 35.5. The predicted molar refractivity (Wildman–Crippen MR) is 268 cm³/mol. The number of nitrogens with zero attached hydrogens (tertiary/aromatic N) is 2. The van der Waals surface area contributed by atoms with Gasteiger partial charge >= 0.3 is 0 Å². The van der Waals surface area contributed by atoms with Gasteiger partial charge in [-0.05, 0) is 119 Å². The van der Waals surface area contributed by atoms with E-state index in [1.54, 1.807) is 0 Å². The van der Waals surface area contributed by atoms with Crippen molar-refractivity contribution in [2.75, 3.05) is 0 Å². The van der Waals surface area contributed by atoms with Gasteiger partial charge < -0.3 is 0 Å². The highest BCUT2D eigenvalue weighted by atomic mass is 14.9.